The minimum atomic E-state index is -2.96. The Bertz CT molecular complexity index is 169. The second-order valence-electron chi connectivity index (χ2n) is 2.68. The average Bonchev–Trinajstić information content (AvgIpc) is 2.17. The first kappa shape index (κ1) is 13.1. The summed E-state index contributed by atoms with van der Waals surface area (Å²) in [6.45, 7) is 3.10. The van der Waals surface area contributed by atoms with Crippen molar-refractivity contribution in [2.24, 2.45) is 5.73 Å². The van der Waals surface area contributed by atoms with Crippen LogP contribution in [-0.4, -0.2) is 33.1 Å². The lowest BCUT2D eigenvalue weighted by Crippen LogP contribution is -2.29. The van der Waals surface area contributed by atoms with Gasteiger partial charge in [-0.1, -0.05) is 0 Å². The molecule has 0 saturated carbocycles. The molecule has 0 bridgehead atoms. The fourth-order valence-corrected chi connectivity index (χ4v) is 2.05. The van der Waals surface area contributed by atoms with Crippen molar-refractivity contribution >= 4 is 7.60 Å². The number of hydrogen-bond acceptors (Lipinski definition) is 5. The topological polar surface area (TPSA) is 73.6 Å². The monoisotopic (exact) mass is 210 g/mol. The zero-order valence-corrected chi connectivity index (χ0v) is 9.34. The van der Waals surface area contributed by atoms with Gasteiger partial charge in [0.2, 0.25) is 0 Å². The Morgan fingerprint density at radius 1 is 1.46 bits per heavy atom. The summed E-state index contributed by atoms with van der Waals surface area (Å²) >= 11 is 0. The van der Waals surface area contributed by atoms with Gasteiger partial charge in [0.05, 0.1) is 0 Å². The Morgan fingerprint density at radius 3 is 2.38 bits per heavy atom. The molecular weight excluding hydrogens is 191 g/mol. The van der Waals surface area contributed by atoms with Gasteiger partial charge in [-0.2, -0.15) is 0 Å². The van der Waals surface area contributed by atoms with Gasteiger partial charge >= 0.3 is 7.60 Å². The van der Waals surface area contributed by atoms with Gasteiger partial charge in [-0.15, -0.1) is 0 Å². The van der Waals surface area contributed by atoms with Gasteiger partial charge in [-0.05, 0) is 26.4 Å². The van der Waals surface area contributed by atoms with Crippen LogP contribution in [0.2, 0.25) is 0 Å². The van der Waals surface area contributed by atoms with Crippen molar-refractivity contribution in [1.82, 2.24) is 5.32 Å². The van der Waals surface area contributed by atoms with Crippen LogP contribution in [0, 0.1) is 0 Å². The zero-order valence-electron chi connectivity index (χ0n) is 8.45. The van der Waals surface area contributed by atoms with E-state index in [0.717, 1.165) is 6.42 Å². The standard InChI is InChI=1S/C7H19N2O3P/c1-7(9-6-4-5-8)13(10,11-2)12-3/h7,9H,4-6,8H2,1-3H3. The largest absolute Gasteiger partial charge is 0.346 e. The van der Waals surface area contributed by atoms with Gasteiger partial charge in [-0.25, -0.2) is 0 Å². The second-order valence-corrected chi connectivity index (χ2v) is 5.26. The van der Waals surface area contributed by atoms with Crippen molar-refractivity contribution in [2.75, 3.05) is 27.3 Å². The summed E-state index contributed by atoms with van der Waals surface area (Å²) in [5.74, 6) is -0.297. The summed E-state index contributed by atoms with van der Waals surface area (Å²) in [4.78, 5) is 0. The molecule has 1 unspecified atom stereocenters. The van der Waals surface area contributed by atoms with E-state index in [1.54, 1.807) is 6.92 Å². The predicted octanol–water partition coefficient (Wildman–Crippen LogP) is 0.757. The van der Waals surface area contributed by atoms with E-state index < -0.39 is 7.60 Å². The summed E-state index contributed by atoms with van der Waals surface area (Å²) in [6, 6.07) is 0. The summed E-state index contributed by atoms with van der Waals surface area (Å²) in [5, 5.41) is 3.03. The van der Waals surface area contributed by atoms with Crippen LogP contribution in [0.25, 0.3) is 0 Å². The Labute approximate surface area is 79.5 Å². The molecule has 3 N–H and O–H groups in total. The van der Waals surface area contributed by atoms with E-state index in [1.807, 2.05) is 0 Å². The molecule has 0 aromatic heterocycles. The molecule has 0 aliphatic heterocycles. The molecule has 0 aliphatic carbocycles. The molecule has 13 heavy (non-hydrogen) atoms. The number of rotatable bonds is 7. The summed E-state index contributed by atoms with van der Waals surface area (Å²) in [6.07, 6.45) is 0.845. The predicted molar refractivity (Wildman–Crippen MR) is 52.8 cm³/mol. The van der Waals surface area contributed by atoms with Crippen molar-refractivity contribution in [2.45, 2.75) is 19.1 Å². The fourth-order valence-electron chi connectivity index (χ4n) is 0.916. The summed E-state index contributed by atoms with van der Waals surface area (Å²) in [5.41, 5.74) is 5.32. The van der Waals surface area contributed by atoms with Gasteiger partial charge < -0.3 is 20.1 Å². The van der Waals surface area contributed by atoms with Crippen molar-refractivity contribution in [3.05, 3.63) is 0 Å². The maximum atomic E-state index is 11.7. The van der Waals surface area contributed by atoms with Crippen LogP contribution in [0.3, 0.4) is 0 Å². The van der Waals surface area contributed by atoms with Gasteiger partial charge in [0.25, 0.3) is 0 Å². The molecule has 5 nitrogen and oxygen atoms in total. The molecule has 1 atom stereocenters. The van der Waals surface area contributed by atoms with Crippen molar-refractivity contribution < 1.29 is 13.6 Å². The Morgan fingerprint density at radius 2 is 2.00 bits per heavy atom. The van der Waals surface area contributed by atoms with Crippen molar-refractivity contribution in [3.63, 3.8) is 0 Å². The first-order valence-corrected chi connectivity index (χ1v) is 5.86. The smallest absolute Gasteiger partial charge is 0.330 e. The second kappa shape index (κ2) is 6.51. The zero-order chi connectivity index (χ0) is 10.3. The van der Waals surface area contributed by atoms with Gasteiger partial charge in [0, 0.05) is 14.2 Å². The highest BCUT2D eigenvalue weighted by molar-refractivity contribution is 7.54. The minimum absolute atomic E-state index is 0.297. The third-order valence-electron chi connectivity index (χ3n) is 1.80. The molecule has 0 aromatic carbocycles. The molecule has 0 spiro atoms. The molecule has 80 valence electrons. The van der Waals surface area contributed by atoms with Gasteiger partial charge in [0.1, 0.15) is 5.78 Å². The molecule has 0 fully saturated rings. The van der Waals surface area contributed by atoms with Crippen molar-refractivity contribution in [3.8, 4) is 0 Å². The van der Waals surface area contributed by atoms with Crippen LogP contribution in [0.4, 0.5) is 0 Å². The number of nitrogens with two attached hydrogens (primary N) is 1. The highest BCUT2D eigenvalue weighted by Crippen LogP contribution is 2.49. The first-order valence-electron chi connectivity index (χ1n) is 4.25. The van der Waals surface area contributed by atoms with Crippen LogP contribution in [0.1, 0.15) is 13.3 Å². The molecular formula is C7H19N2O3P. The SMILES string of the molecule is COP(=O)(OC)C(C)NCCCN. The van der Waals surface area contributed by atoms with Crippen LogP contribution in [-0.2, 0) is 13.6 Å². The molecule has 0 aromatic rings. The van der Waals surface area contributed by atoms with Gasteiger partial charge in [-0.3, -0.25) is 4.57 Å². The van der Waals surface area contributed by atoms with Crippen LogP contribution < -0.4 is 11.1 Å². The van der Waals surface area contributed by atoms with Crippen LogP contribution in [0.5, 0.6) is 0 Å². The van der Waals surface area contributed by atoms with E-state index in [1.165, 1.54) is 14.2 Å². The third kappa shape index (κ3) is 4.20. The molecule has 0 rings (SSSR count). The van der Waals surface area contributed by atoms with Gasteiger partial charge in [0.15, 0.2) is 0 Å². The minimum Gasteiger partial charge on any atom is -0.330 e. The number of nitrogens with one attached hydrogen (secondary N) is 1. The lowest BCUT2D eigenvalue weighted by Gasteiger charge is -2.21. The maximum Gasteiger partial charge on any atom is 0.346 e. The highest BCUT2D eigenvalue weighted by atomic mass is 31.2. The molecule has 6 heteroatoms. The molecule has 0 saturated heterocycles. The number of hydrogen-bond donors (Lipinski definition) is 2. The van der Waals surface area contributed by atoms with E-state index in [9.17, 15) is 4.57 Å². The van der Waals surface area contributed by atoms with Crippen LogP contribution in [0.15, 0.2) is 0 Å². The third-order valence-corrected chi connectivity index (χ3v) is 3.95. The van der Waals surface area contributed by atoms with E-state index >= 15 is 0 Å². The molecule has 0 radical (unpaired) electrons. The van der Waals surface area contributed by atoms with E-state index in [0.29, 0.717) is 13.1 Å². The van der Waals surface area contributed by atoms with Crippen molar-refractivity contribution in [1.29, 1.82) is 0 Å². The first-order chi connectivity index (χ1) is 6.10. The molecule has 0 aliphatic rings. The lowest BCUT2D eigenvalue weighted by atomic mass is 10.4. The van der Waals surface area contributed by atoms with E-state index in [4.69, 9.17) is 14.8 Å². The van der Waals surface area contributed by atoms with Crippen LogP contribution >= 0.6 is 7.60 Å². The summed E-state index contributed by atoms with van der Waals surface area (Å²) in [7, 11) is -0.204. The highest BCUT2D eigenvalue weighted by Gasteiger charge is 2.29. The normalized spacial score (nSPS) is 14.5. The molecule has 0 heterocycles. The maximum absolute atomic E-state index is 11.7. The fraction of sp³-hybridized carbons (Fsp3) is 1.00. The van der Waals surface area contributed by atoms with E-state index in [-0.39, 0.29) is 5.78 Å². The Kier molecular flexibility index (Phi) is 6.55. The quantitative estimate of drug-likeness (QED) is 0.479. The Hall–Kier alpha value is 0.0700. The summed E-state index contributed by atoms with van der Waals surface area (Å²) < 4.78 is 21.3. The Balaban J connectivity index is 3.92. The molecule has 0 amide bonds. The lowest BCUT2D eigenvalue weighted by molar-refractivity contribution is 0.261. The van der Waals surface area contributed by atoms with E-state index in [2.05, 4.69) is 5.32 Å². The average molecular weight is 210 g/mol.